The summed E-state index contributed by atoms with van der Waals surface area (Å²) in [5.74, 6) is 0.412. The molecule has 18 heavy (non-hydrogen) atoms. The number of hydrogen-bond acceptors (Lipinski definition) is 3. The molecule has 2 rings (SSSR count). The Morgan fingerprint density at radius 3 is 2.78 bits per heavy atom. The summed E-state index contributed by atoms with van der Waals surface area (Å²) in [6.45, 7) is 7.00. The van der Waals surface area contributed by atoms with E-state index in [9.17, 15) is 5.11 Å². The normalized spacial score (nSPS) is 29.8. The third-order valence-corrected chi connectivity index (χ3v) is 4.87. The van der Waals surface area contributed by atoms with Gasteiger partial charge in [-0.15, -0.1) is 0 Å². The van der Waals surface area contributed by atoms with Crippen molar-refractivity contribution in [2.45, 2.75) is 70.0 Å². The summed E-state index contributed by atoms with van der Waals surface area (Å²) >= 11 is 0. The zero-order chi connectivity index (χ0) is 13.1. The number of ether oxygens (including phenoxy) is 1. The fourth-order valence-corrected chi connectivity index (χ4v) is 3.33. The van der Waals surface area contributed by atoms with E-state index >= 15 is 0 Å². The fraction of sp³-hybridized carbons (Fsp3) is 1.00. The molecule has 0 aromatic rings. The van der Waals surface area contributed by atoms with Crippen LogP contribution in [0.25, 0.3) is 0 Å². The van der Waals surface area contributed by atoms with Crippen molar-refractivity contribution in [1.82, 2.24) is 5.32 Å². The molecule has 1 saturated heterocycles. The van der Waals surface area contributed by atoms with Gasteiger partial charge in [-0.3, -0.25) is 0 Å². The number of rotatable bonds is 6. The molecule has 3 heteroatoms. The zero-order valence-corrected chi connectivity index (χ0v) is 12.0. The summed E-state index contributed by atoms with van der Waals surface area (Å²) in [6, 6.07) is 0. The quantitative estimate of drug-likeness (QED) is 0.716. The van der Waals surface area contributed by atoms with E-state index in [0.717, 1.165) is 45.4 Å². The third kappa shape index (κ3) is 3.25. The smallest absolute Gasteiger partial charge is 0.0686 e. The van der Waals surface area contributed by atoms with Crippen LogP contribution < -0.4 is 5.32 Å². The molecule has 2 N–H and O–H groups in total. The number of aliphatic hydroxyl groups is 1. The Morgan fingerprint density at radius 2 is 2.17 bits per heavy atom. The lowest BCUT2D eigenvalue weighted by atomic mass is 9.67. The van der Waals surface area contributed by atoms with Crippen LogP contribution in [0.4, 0.5) is 0 Å². The van der Waals surface area contributed by atoms with E-state index in [-0.39, 0.29) is 5.60 Å². The molecule has 0 amide bonds. The first-order valence-corrected chi connectivity index (χ1v) is 7.65. The van der Waals surface area contributed by atoms with E-state index in [1.54, 1.807) is 0 Å². The van der Waals surface area contributed by atoms with Gasteiger partial charge in [0.15, 0.2) is 0 Å². The number of nitrogens with one attached hydrogen (secondary N) is 1. The minimum absolute atomic E-state index is 0.143. The van der Waals surface area contributed by atoms with Crippen LogP contribution in [0.5, 0.6) is 0 Å². The first-order valence-electron chi connectivity index (χ1n) is 7.65. The first-order chi connectivity index (χ1) is 8.58. The van der Waals surface area contributed by atoms with Gasteiger partial charge < -0.3 is 15.2 Å². The van der Waals surface area contributed by atoms with Gasteiger partial charge >= 0.3 is 0 Å². The minimum atomic E-state index is -0.535. The summed E-state index contributed by atoms with van der Waals surface area (Å²) in [5, 5.41) is 14.1. The van der Waals surface area contributed by atoms with Crippen molar-refractivity contribution in [2.75, 3.05) is 19.7 Å². The van der Waals surface area contributed by atoms with Gasteiger partial charge in [-0.2, -0.15) is 0 Å². The van der Waals surface area contributed by atoms with Crippen molar-refractivity contribution in [3.8, 4) is 0 Å². The maximum absolute atomic E-state index is 10.7. The van der Waals surface area contributed by atoms with Gasteiger partial charge in [0.25, 0.3) is 0 Å². The highest BCUT2D eigenvalue weighted by Gasteiger charge is 2.46. The molecule has 1 aliphatic heterocycles. The Morgan fingerprint density at radius 1 is 1.39 bits per heavy atom. The molecule has 0 aromatic carbocycles. The van der Waals surface area contributed by atoms with E-state index in [1.165, 1.54) is 19.3 Å². The van der Waals surface area contributed by atoms with Crippen LogP contribution in [-0.4, -0.2) is 36.0 Å². The summed E-state index contributed by atoms with van der Waals surface area (Å²) in [6.07, 6.45) is 7.79. The Bertz CT molecular complexity index is 261. The summed E-state index contributed by atoms with van der Waals surface area (Å²) in [7, 11) is 0. The summed E-state index contributed by atoms with van der Waals surface area (Å²) in [4.78, 5) is 0. The Balaban J connectivity index is 1.80. The van der Waals surface area contributed by atoms with Crippen LogP contribution in [0.3, 0.4) is 0 Å². The van der Waals surface area contributed by atoms with Gasteiger partial charge in [0.2, 0.25) is 0 Å². The second-order valence-corrected chi connectivity index (χ2v) is 6.43. The van der Waals surface area contributed by atoms with Gasteiger partial charge in [0.05, 0.1) is 11.2 Å². The lowest BCUT2D eigenvalue weighted by Gasteiger charge is -2.50. The van der Waals surface area contributed by atoms with Crippen molar-refractivity contribution in [3.05, 3.63) is 0 Å². The highest BCUT2D eigenvalue weighted by atomic mass is 16.5. The summed E-state index contributed by atoms with van der Waals surface area (Å²) < 4.78 is 5.94. The molecule has 0 radical (unpaired) electrons. The standard InChI is InChI=1S/C15H29NO2/c1-3-9-16-10-8-14(2,17)13-5-11-18-15(12-13)6-4-7-15/h13,16-17H,3-12H2,1-2H3. The maximum Gasteiger partial charge on any atom is 0.0686 e. The average molecular weight is 255 g/mol. The monoisotopic (exact) mass is 255 g/mol. The molecule has 1 aliphatic carbocycles. The molecule has 2 atom stereocenters. The largest absolute Gasteiger partial charge is 0.390 e. The molecule has 2 fully saturated rings. The van der Waals surface area contributed by atoms with Crippen molar-refractivity contribution >= 4 is 0 Å². The lowest BCUT2D eigenvalue weighted by molar-refractivity contribution is -0.173. The van der Waals surface area contributed by atoms with E-state index in [1.807, 2.05) is 6.92 Å². The molecular formula is C15H29NO2. The second-order valence-electron chi connectivity index (χ2n) is 6.43. The van der Waals surface area contributed by atoms with Crippen molar-refractivity contribution in [2.24, 2.45) is 5.92 Å². The fourth-order valence-electron chi connectivity index (χ4n) is 3.33. The van der Waals surface area contributed by atoms with Crippen molar-refractivity contribution < 1.29 is 9.84 Å². The molecule has 0 aromatic heterocycles. The predicted octanol–water partition coefficient (Wildman–Crippen LogP) is 2.48. The van der Waals surface area contributed by atoms with Gasteiger partial charge in [-0.25, -0.2) is 0 Å². The highest BCUT2D eigenvalue weighted by Crippen LogP contribution is 2.47. The van der Waals surface area contributed by atoms with Gasteiger partial charge in [-0.05, 0) is 70.9 Å². The van der Waals surface area contributed by atoms with Crippen LogP contribution in [0, 0.1) is 5.92 Å². The Kier molecular flexibility index (Phi) is 4.68. The van der Waals surface area contributed by atoms with Crippen LogP contribution in [0.1, 0.15) is 58.8 Å². The molecule has 1 spiro atoms. The Hall–Kier alpha value is -0.120. The lowest BCUT2D eigenvalue weighted by Crippen LogP contribution is -2.51. The van der Waals surface area contributed by atoms with Crippen LogP contribution in [0.2, 0.25) is 0 Å². The van der Waals surface area contributed by atoms with Crippen LogP contribution >= 0.6 is 0 Å². The summed E-state index contributed by atoms with van der Waals surface area (Å²) in [5.41, 5.74) is -0.392. The molecule has 0 bridgehead atoms. The molecule has 2 aliphatic rings. The van der Waals surface area contributed by atoms with Gasteiger partial charge in [0.1, 0.15) is 0 Å². The molecular weight excluding hydrogens is 226 g/mol. The molecule has 3 nitrogen and oxygen atoms in total. The van der Waals surface area contributed by atoms with Gasteiger partial charge in [0, 0.05) is 6.61 Å². The van der Waals surface area contributed by atoms with E-state index in [0.29, 0.717) is 5.92 Å². The number of hydrogen-bond donors (Lipinski definition) is 2. The first kappa shape index (κ1) is 14.3. The molecule has 1 saturated carbocycles. The molecule has 106 valence electrons. The van der Waals surface area contributed by atoms with E-state index in [2.05, 4.69) is 12.2 Å². The van der Waals surface area contributed by atoms with Crippen LogP contribution in [0.15, 0.2) is 0 Å². The molecule has 2 unspecified atom stereocenters. The third-order valence-electron chi connectivity index (χ3n) is 4.87. The Labute approximate surface area is 111 Å². The minimum Gasteiger partial charge on any atom is -0.390 e. The van der Waals surface area contributed by atoms with Crippen molar-refractivity contribution in [1.29, 1.82) is 0 Å². The molecule has 1 heterocycles. The SMILES string of the molecule is CCCNCCC(C)(O)C1CCOC2(CCC2)C1. The predicted molar refractivity (Wildman–Crippen MR) is 73.7 cm³/mol. The zero-order valence-electron chi connectivity index (χ0n) is 12.0. The maximum atomic E-state index is 10.7. The topological polar surface area (TPSA) is 41.5 Å². The van der Waals surface area contributed by atoms with E-state index in [4.69, 9.17) is 4.74 Å². The highest BCUT2D eigenvalue weighted by molar-refractivity contribution is 4.98. The van der Waals surface area contributed by atoms with Gasteiger partial charge in [-0.1, -0.05) is 6.92 Å². The average Bonchev–Trinajstić information content (AvgIpc) is 2.33. The van der Waals surface area contributed by atoms with E-state index < -0.39 is 5.60 Å². The van der Waals surface area contributed by atoms with Crippen LogP contribution in [-0.2, 0) is 4.74 Å². The van der Waals surface area contributed by atoms with Crippen molar-refractivity contribution in [3.63, 3.8) is 0 Å². The second kappa shape index (κ2) is 5.89.